The normalized spacial score (nSPS) is 17.2. The predicted octanol–water partition coefficient (Wildman–Crippen LogP) is 2.86. The van der Waals surface area contributed by atoms with Gasteiger partial charge in [-0.2, -0.15) is 4.98 Å². The van der Waals surface area contributed by atoms with E-state index in [1.54, 1.807) is 0 Å². The Morgan fingerprint density at radius 1 is 1.43 bits per heavy atom. The summed E-state index contributed by atoms with van der Waals surface area (Å²) < 4.78 is 19.0. The van der Waals surface area contributed by atoms with Crippen molar-refractivity contribution in [1.82, 2.24) is 9.97 Å². The Labute approximate surface area is 132 Å². The molecule has 0 aromatic carbocycles. The first kappa shape index (κ1) is 15.3. The van der Waals surface area contributed by atoms with Crippen LogP contribution in [0, 0.1) is 17.7 Å². The van der Waals surface area contributed by atoms with Crippen molar-refractivity contribution in [1.29, 1.82) is 0 Å². The van der Waals surface area contributed by atoms with Crippen molar-refractivity contribution in [2.75, 3.05) is 5.32 Å². The van der Waals surface area contributed by atoms with Crippen LogP contribution in [0.1, 0.15) is 46.9 Å². The molecule has 2 heterocycles. The van der Waals surface area contributed by atoms with Crippen molar-refractivity contribution >= 4 is 17.7 Å². The van der Waals surface area contributed by atoms with Gasteiger partial charge in [0.2, 0.25) is 0 Å². The molecule has 6 nitrogen and oxygen atoms in total. The van der Waals surface area contributed by atoms with Gasteiger partial charge in [0.15, 0.2) is 11.6 Å². The molecule has 120 valence electrons. The zero-order valence-corrected chi connectivity index (χ0v) is 12.8. The Hall–Kier alpha value is -2.57. The van der Waals surface area contributed by atoms with Crippen molar-refractivity contribution in [3.05, 3.63) is 41.3 Å². The predicted molar refractivity (Wildman–Crippen MR) is 79.6 cm³/mol. The molecule has 2 aromatic heterocycles. The number of nitrogens with zero attached hydrogens (tertiary/aromatic N) is 2. The molecule has 7 heteroatoms. The SMILES string of the molecule is CC(C)C1CC(=O)c2nc(NC(=O)c3ccncc3F)oc2C1. The molecule has 0 saturated carbocycles. The van der Waals surface area contributed by atoms with E-state index in [1.165, 1.54) is 12.3 Å². The minimum atomic E-state index is -0.739. The number of carbonyl (C=O) groups is 2. The number of nitrogens with one attached hydrogen (secondary N) is 1. The summed E-state index contributed by atoms with van der Waals surface area (Å²) in [6.45, 7) is 4.10. The first-order valence-electron chi connectivity index (χ1n) is 7.39. The lowest BCUT2D eigenvalue weighted by Gasteiger charge is -2.22. The summed E-state index contributed by atoms with van der Waals surface area (Å²) in [7, 11) is 0. The van der Waals surface area contributed by atoms with E-state index >= 15 is 0 Å². The van der Waals surface area contributed by atoms with E-state index in [9.17, 15) is 14.0 Å². The van der Waals surface area contributed by atoms with Crippen LogP contribution in [0.2, 0.25) is 0 Å². The molecular weight excluding hydrogens is 301 g/mol. The van der Waals surface area contributed by atoms with Crippen LogP contribution < -0.4 is 5.32 Å². The van der Waals surface area contributed by atoms with Crippen molar-refractivity contribution in [3.8, 4) is 0 Å². The number of carbonyl (C=O) groups excluding carboxylic acids is 2. The first-order valence-corrected chi connectivity index (χ1v) is 7.39. The van der Waals surface area contributed by atoms with Crippen LogP contribution in [0.15, 0.2) is 22.9 Å². The molecule has 0 fully saturated rings. The molecule has 0 aliphatic heterocycles. The number of rotatable bonds is 3. The molecule has 1 unspecified atom stereocenters. The fraction of sp³-hybridized carbons (Fsp3) is 0.375. The third-order valence-corrected chi connectivity index (χ3v) is 4.04. The number of aromatic nitrogens is 2. The molecule has 2 aromatic rings. The van der Waals surface area contributed by atoms with Gasteiger partial charge < -0.3 is 4.42 Å². The van der Waals surface area contributed by atoms with Crippen LogP contribution in [0.3, 0.4) is 0 Å². The van der Waals surface area contributed by atoms with Crippen LogP contribution in [0.25, 0.3) is 0 Å². The molecule has 23 heavy (non-hydrogen) atoms. The topological polar surface area (TPSA) is 85.1 Å². The molecule has 1 amide bonds. The smallest absolute Gasteiger partial charge is 0.302 e. The van der Waals surface area contributed by atoms with Gasteiger partial charge in [0.1, 0.15) is 11.5 Å². The highest BCUT2D eigenvalue weighted by Crippen LogP contribution is 2.31. The van der Waals surface area contributed by atoms with E-state index in [2.05, 4.69) is 15.3 Å². The quantitative estimate of drug-likeness (QED) is 0.941. The van der Waals surface area contributed by atoms with Crippen LogP contribution in [-0.4, -0.2) is 21.7 Å². The molecule has 1 aliphatic carbocycles. The first-order chi connectivity index (χ1) is 11.0. The number of pyridine rings is 1. The maximum atomic E-state index is 13.5. The van der Waals surface area contributed by atoms with Gasteiger partial charge in [0.05, 0.1) is 11.8 Å². The number of amides is 1. The second-order valence-corrected chi connectivity index (χ2v) is 5.94. The van der Waals surface area contributed by atoms with E-state index in [1.807, 2.05) is 13.8 Å². The summed E-state index contributed by atoms with van der Waals surface area (Å²) >= 11 is 0. The summed E-state index contributed by atoms with van der Waals surface area (Å²) in [5, 5.41) is 2.38. The highest BCUT2D eigenvalue weighted by atomic mass is 19.1. The van der Waals surface area contributed by atoms with Crippen molar-refractivity contribution in [2.45, 2.75) is 26.7 Å². The number of hydrogen-bond acceptors (Lipinski definition) is 5. The molecule has 1 N–H and O–H groups in total. The Bertz CT molecular complexity index is 770. The van der Waals surface area contributed by atoms with Crippen LogP contribution in [0.5, 0.6) is 0 Å². The van der Waals surface area contributed by atoms with E-state index in [-0.39, 0.29) is 29.0 Å². The van der Waals surface area contributed by atoms with Crippen LogP contribution in [-0.2, 0) is 6.42 Å². The highest BCUT2D eigenvalue weighted by molar-refractivity contribution is 6.03. The molecule has 0 saturated heterocycles. The number of fused-ring (bicyclic) bond motifs is 1. The van der Waals surface area contributed by atoms with Gasteiger partial charge in [-0.25, -0.2) is 4.39 Å². The Balaban J connectivity index is 1.81. The van der Waals surface area contributed by atoms with Crippen molar-refractivity contribution in [2.24, 2.45) is 11.8 Å². The van der Waals surface area contributed by atoms with Gasteiger partial charge in [0, 0.05) is 19.0 Å². The van der Waals surface area contributed by atoms with E-state index in [4.69, 9.17) is 4.42 Å². The Morgan fingerprint density at radius 3 is 2.91 bits per heavy atom. The van der Waals surface area contributed by atoms with E-state index in [0.29, 0.717) is 24.5 Å². The lowest BCUT2D eigenvalue weighted by molar-refractivity contribution is 0.0922. The zero-order valence-electron chi connectivity index (χ0n) is 12.8. The number of anilines is 1. The van der Waals surface area contributed by atoms with Gasteiger partial charge in [-0.15, -0.1) is 0 Å². The van der Waals surface area contributed by atoms with E-state index in [0.717, 1.165) is 6.20 Å². The molecular formula is C16H16FN3O3. The fourth-order valence-electron chi connectivity index (χ4n) is 2.60. The summed E-state index contributed by atoms with van der Waals surface area (Å²) in [5.41, 5.74) is 0.0926. The average molecular weight is 317 g/mol. The monoisotopic (exact) mass is 317 g/mol. The lowest BCUT2D eigenvalue weighted by atomic mass is 9.82. The second kappa shape index (κ2) is 5.91. The van der Waals surface area contributed by atoms with Gasteiger partial charge in [-0.3, -0.25) is 19.9 Å². The van der Waals surface area contributed by atoms with Crippen LogP contribution >= 0.6 is 0 Å². The zero-order chi connectivity index (χ0) is 16.6. The summed E-state index contributed by atoms with van der Waals surface area (Å²) in [6, 6.07) is 1.17. The highest BCUT2D eigenvalue weighted by Gasteiger charge is 2.32. The summed E-state index contributed by atoms with van der Waals surface area (Å²) in [4.78, 5) is 31.8. The maximum Gasteiger partial charge on any atom is 0.302 e. The third-order valence-electron chi connectivity index (χ3n) is 4.04. The number of ketones is 1. The summed E-state index contributed by atoms with van der Waals surface area (Å²) in [5.74, 6) is -0.506. The Kier molecular flexibility index (Phi) is 3.94. The van der Waals surface area contributed by atoms with Crippen molar-refractivity contribution in [3.63, 3.8) is 0 Å². The van der Waals surface area contributed by atoms with Gasteiger partial charge in [-0.05, 0) is 17.9 Å². The molecule has 1 atom stereocenters. The number of Topliss-reactive ketones (excluding diaryl/α,β-unsaturated/α-hetero) is 1. The van der Waals surface area contributed by atoms with Gasteiger partial charge >= 0.3 is 6.01 Å². The second-order valence-electron chi connectivity index (χ2n) is 5.94. The Morgan fingerprint density at radius 2 is 2.22 bits per heavy atom. The lowest BCUT2D eigenvalue weighted by Crippen LogP contribution is -2.23. The largest absolute Gasteiger partial charge is 0.428 e. The minimum Gasteiger partial charge on any atom is -0.428 e. The van der Waals surface area contributed by atoms with E-state index < -0.39 is 11.7 Å². The third kappa shape index (κ3) is 2.99. The maximum absolute atomic E-state index is 13.5. The van der Waals surface area contributed by atoms with Crippen molar-refractivity contribution < 1.29 is 18.4 Å². The standard InChI is InChI=1S/C16H16FN3O3/c1-8(2)9-5-12(21)14-13(6-9)23-16(19-14)20-15(22)10-3-4-18-7-11(10)17/h3-4,7-9H,5-6H2,1-2H3,(H,19,20,22). The van der Waals surface area contributed by atoms with Crippen LogP contribution in [0.4, 0.5) is 10.4 Å². The number of hydrogen-bond donors (Lipinski definition) is 1. The van der Waals surface area contributed by atoms with Gasteiger partial charge in [-0.1, -0.05) is 13.8 Å². The summed E-state index contributed by atoms with van der Waals surface area (Å²) in [6.07, 6.45) is 3.29. The van der Waals surface area contributed by atoms with Gasteiger partial charge in [0.25, 0.3) is 5.91 Å². The molecule has 0 radical (unpaired) electrons. The molecule has 1 aliphatic rings. The molecule has 0 spiro atoms. The average Bonchev–Trinajstić information content (AvgIpc) is 2.90. The fourth-order valence-corrected chi connectivity index (χ4v) is 2.60. The minimum absolute atomic E-state index is 0.0889. The number of halogens is 1. The molecule has 3 rings (SSSR count). The molecule has 0 bridgehead atoms. The number of oxazole rings is 1.